The van der Waals surface area contributed by atoms with Crippen LogP contribution in [0.25, 0.3) is 22.2 Å². The van der Waals surface area contributed by atoms with E-state index in [1.165, 1.54) is 4.57 Å². The van der Waals surface area contributed by atoms with Crippen LogP contribution in [0.2, 0.25) is 0 Å². The Bertz CT molecular complexity index is 1300. The summed E-state index contributed by atoms with van der Waals surface area (Å²) in [6.45, 7) is 7.43. The van der Waals surface area contributed by atoms with Crippen LogP contribution in [0.15, 0.2) is 53.4 Å². The van der Waals surface area contributed by atoms with Crippen LogP contribution in [0, 0.1) is 0 Å². The highest BCUT2D eigenvalue weighted by molar-refractivity contribution is 7.89. The summed E-state index contributed by atoms with van der Waals surface area (Å²) in [6, 6.07) is 14.9. The average molecular weight is 483 g/mol. The minimum absolute atomic E-state index is 0.0275. The van der Waals surface area contributed by atoms with Crippen molar-refractivity contribution >= 4 is 27.0 Å². The molecular formula is C27H34N2O4S. The van der Waals surface area contributed by atoms with Crippen molar-refractivity contribution < 1.29 is 17.9 Å². The van der Waals surface area contributed by atoms with Crippen LogP contribution >= 0.6 is 0 Å². The second-order valence-corrected chi connectivity index (χ2v) is 11.7. The Kier molecular flexibility index (Phi) is 6.87. The van der Waals surface area contributed by atoms with Gasteiger partial charge in [0.15, 0.2) is 0 Å². The van der Waals surface area contributed by atoms with Gasteiger partial charge in [-0.25, -0.2) is 22.5 Å². The molecule has 1 fully saturated rings. The third kappa shape index (κ3) is 5.20. The minimum atomic E-state index is -3.70. The highest BCUT2D eigenvalue weighted by atomic mass is 32.2. The van der Waals surface area contributed by atoms with E-state index in [1.54, 1.807) is 6.07 Å². The molecule has 1 N–H and O–H groups in total. The number of hydrogen-bond donors (Lipinski definition) is 1. The van der Waals surface area contributed by atoms with Gasteiger partial charge in [-0.3, -0.25) is 0 Å². The molecule has 7 heteroatoms. The largest absolute Gasteiger partial charge is 0.443 e. The van der Waals surface area contributed by atoms with Crippen molar-refractivity contribution in [1.82, 2.24) is 9.29 Å². The molecule has 3 aromatic rings. The summed E-state index contributed by atoms with van der Waals surface area (Å²) in [5.41, 5.74) is 2.07. The lowest BCUT2D eigenvalue weighted by atomic mass is 9.96. The molecule has 0 unspecified atom stereocenters. The number of aryl methyl sites for hydroxylation is 1. The molecule has 1 aliphatic carbocycles. The topological polar surface area (TPSA) is 77.4 Å². The first-order chi connectivity index (χ1) is 16.1. The highest BCUT2D eigenvalue weighted by Crippen LogP contribution is 2.32. The molecule has 0 radical (unpaired) electrons. The van der Waals surface area contributed by atoms with Gasteiger partial charge in [0.2, 0.25) is 10.0 Å². The van der Waals surface area contributed by atoms with Crippen molar-refractivity contribution in [3.8, 4) is 11.3 Å². The van der Waals surface area contributed by atoms with Crippen LogP contribution in [0.4, 0.5) is 4.79 Å². The summed E-state index contributed by atoms with van der Waals surface area (Å²) >= 11 is 0. The SMILES string of the molecule is CCc1ccc(-c2cc3ccccc3n2C(=O)OC(C)(C)C)cc1S(=O)(=O)NC1CCCCC1. The van der Waals surface area contributed by atoms with E-state index in [1.807, 2.05) is 70.2 Å². The zero-order chi connectivity index (χ0) is 24.5. The van der Waals surface area contributed by atoms with Gasteiger partial charge in [0.05, 0.1) is 16.1 Å². The fourth-order valence-corrected chi connectivity index (χ4v) is 6.27. The van der Waals surface area contributed by atoms with Crippen LogP contribution < -0.4 is 4.72 Å². The maximum atomic E-state index is 13.4. The Balaban J connectivity index is 1.82. The number of para-hydroxylation sites is 1. The Morgan fingerprint density at radius 2 is 1.76 bits per heavy atom. The first kappa shape index (κ1) is 24.5. The summed E-state index contributed by atoms with van der Waals surface area (Å²) in [5.74, 6) is 0. The molecule has 34 heavy (non-hydrogen) atoms. The maximum absolute atomic E-state index is 13.4. The predicted octanol–water partition coefficient (Wildman–Crippen LogP) is 6.26. The Morgan fingerprint density at radius 1 is 1.06 bits per heavy atom. The van der Waals surface area contributed by atoms with Gasteiger partial charge >= 0.3 is 6.09 Å². The summed E-state index contributed by atoms with van der Waals surface area (Å²) in [7, 11) is -3.70. The van der Waals surface area contributed by atoms with Gasteiger partial charge in [0.25, 0.3) is 0 Å². The second-order valence-electron chi connectivity index (χ2n) is 10.0. The fourth-order valence-electron chi connectivity index (χ4n) is 4.63. The summed E-state index contributed by atoms with van der Waals surface area (Å²) in [5, 5.41) is 0.882. The van der Waals surface area contributed by atoms with E-state index in [2.05, 4.69) is 4.72 Å². The number of nitrogens with zero attached hydrogens (tertiary/aromatic N) is 1. The van der Waals surface area contributed by atoms with Gasteiger partial charge in [0.1, 0.15) is 5.60 Å². The molecule has 1 aromatic heterocycles. The predicted molar refractivity (Wildman–Crippen MR) is 136 cm³/mol. The molecule has 0 atom stereocenters. The van der Waals surface area contributed by atoms with E-state index in [4.69, 9.17) is 4.74 Å². The molecular weight excluding hydrogens is 448 g/mol. The standard InChI is InChI=1S/C27H34N2O4S/c1-5-19-15-16-21(18-25(19)34(31,32)28-22-12-7-6-8-13-22)24-17-20-11-9-10-14-23(20)29(24)26(30)33-27(2,3)4/h9-11,14-18,22,28H,5-8,12-13H2,1-4H3. The molecule has 0 spiro atoms. The lowest BCUT2D eigenvalue weighted by Gasteiger charge is -2.23. The summed E-state index contributed by atoms with van der Waals surface area (Å²) in [4.78, 5) is 13.5. The van der Waals surface area contributed by atoms with Crippen molar-refractivity contribution in [2.24, 2.45) is 0 Å². The van der Waals surface area contributed by atoms with Crippen LogP contribution in [-0.2, 0) is 21.2 Å². The van der Waals surface area contributed by atoms with Crippen LogP contribution in [0.5, 0.6) is 0 Å². The number of nitrogens with one attached hydrogen (secondary N) is 1. The molecule has 1 heterocycles. The monoisotopic (exact) mass is 482 g/mol. The number of carbonyl (C=O) groups is 1. The maximum Gasteiger partial charge on any atom is 0.419 e. The van der Waals surface area contributed by atoms with Crippen LogP contribution in [0.3, 0.4) is 0 Å². The van der Waals surface area contributed by atoms with E-state index in [0.717, 1.165) is 48.6 Å². The Labute approximate surface area is 202 Å². The van der Waals surface area contributed by atoms with Gasteiger partial charge in [-0.2, -0.15) is 0 Å². The normalized spacial score (nSPS) is 15.5. The first-order valence-corrected chi connectivity index (χ1v) is 13.6. The van der Waals surface area contributed by atoms with E-state index in [-0.39, 0.29) is 10.9 Å². The number of carbonyl (C=O) groups excluding carboxylic acids is 1. The quantitative estimate of drug-likeness (QED) is 0.465. The molecule has 1 saturated carbocycles. The van der Waals surface area contributed by atoms with Gasteiger partial charge < -0.3 is 4.74 Å². The minimum Gasteiger partial charge on any atom is -0.443 e. The third-order valence-electron chi connectivity index (χ3n) is 6.25. The second kappa shape index (κ2) is 9.55. The number of fused-ring (bicyclic) bond motifs is 1. The zero-order valence-corrected chi connectivity index (χ0v) is 21.2. The summed E-state index contributed by atoms with van der Waals surface area (Å²) in [6.07, 6.45) is 5.08. The van der Waals surface area contributed by atoms with E-state index < -0.39 is 21.7 Å². The Morgan fingerprint density at radius 3 is 2.44 bits per heavy atom. The van der Waals surface area contributed by atoms with Crippen molar-refractivity contribution in [2.45, 2.75) is 82.8 Å². The number of ether oxygens (including phenoxy) is 1. The molecule has 0 amide bonds. The van der Waals surface area contributed by atoms with Crippen LogP contribution in [0.1, 0.15) is 65.4 Å². The summed E-state index contributed by atoms with van der Waals surface area (Å²) < 4.78 is 37.0. The molecule has 2 aromatic carbocycles. The van der Waals surface area contributed by atoms with Gasteiger partial charge in [-0.05, 0) is 63.8 Å². The van der Waals surface area contributed by atoms with Crippen molar-refractivity contribution in [2.75, 3.05) is 0 Å². The third-order valence-corrected chi connectivity index (χ3v) is 7.85. The average Bonchev–Trinajstić information content (AvgIpc) is 3.18. The zero-order valence-electron chi connectivity index (χ0n) is 20.4. The number of benzene rings is 2. The van der Waals surface area contributed by atoms with E-state index in [0.29, 0.717) is 17.7 Å². The Hall–Kier alpha value is -2.64. The molecule has 182 valence electrons. The smallest absolute Gasteiger partial charge is 0.419 e. The molecule has 4 rings (SSSR count). The van der Waals surface area contributed by atoms with Gasteiger partial charge in [-0.15, -0.1) is 0 Å². The lowest BCUT2D eigenvalue weighted by Crippen LogP contribution is -2.36. The molecule has 1 aliphatic rings. The molecule has 6 nitrogen and oxygen atoms in total. The van der Waals surface area contributed by atoms with Gasteiger partial charge in [-0.1, -0.05) is 56.5 Å². The van der Waals surface area contributed by atoms with E-state index in [9.17, 15) is 13.2 Å². The number of aromatic nitrogens is 1. The number of sulfonamides is 1. The first-order valence-electron chi connectivity index (χ1n) is 12.1. The molecule has 0 saturated heterocycles. The van der Waals surface area contributed by atoms with Crippen molar-refractivity contribution in [1.29, 1.82) is 0 Å². The van der Waals surface area contributed by atoms with Crippen molar-refractivity contribution in [3.05, 3.63) is 54.1 Å². The number of hydrogen-bond acceptors (Lipinski definition) is 4. The molecule has 0 bridgehead atoms. The van der Waals surface area contributed by atoms with Crippen LogP contribution in [-0.4, -0.2) is 30.7 Å². The fraction of sp³-hybridized carbons (Fsp3) is 0.444. The van der Waals surface area contributed by atoms with Crippen molar-refractivity contribution in [3.63, 3.8) is 0 Å². The highest BCUT2D eigenvalue weighted by Gasteiger charge is 2.26. The van der Waals surface area contributed by atoms with E-state index >= 15 is 0 Å². The van der Waals surface area contributed by atoms with Gasteiger partial charge in [0, 0.05) is 17.0 Å². The number of rotatable bonds is 5. The molecule has 0 aliphatic heterocycles. The lowest BCUT2D eigenvalue weighted by molar-refractivity contribution is 0.0547.